The average molecular weight is 1330 g/mol. The topological polar surface area (TPSA) is 182 Å². The van der Waals surface area contributed by atoms with Gasteiger partial charge < -0.3 is 57.2 Å². The van der Waals surface area contributed by atoms with E-state index in [2.05, 4.69) is 81.5 Å². The molecule has 2 aliphatic rings. The van der Waals surface area contributed by atoms with E-state index in [4.69, 9.17) is 59.0 Å². The number of unbranched alkanes of at least 4 members (excludes halogenated alkanes) is 10. The number of rotatable bonds is 52. The number of hydrogen-bond donors (Lipinski definition) is 0. The Bertz CT molecular complexity index is 3020. The van der Waals surface area contributed by atoms with Crippen molar-refractivity contribution >= 4 is 57.7 Å². The van der Waals surface area contributed by atoms with E-state index in [1.807, 2.05) is 78.9 Å². The maximum Gasteiger partial charge on any atom is 0.330 e. The molecule has 0 unspecified atom stereocenters. The minimum absolute atomic E-state index is 0.247. The van der Waals surface area contributed by atoms with Crippen molar-refractivity contribution in [2.45, 2.75) is 129 Å². The molecule has 0 aliphatic carbocycles. The molecule has 2 heterocycles. The number of ether oxygens (including phenoxy) is 10. The van der Waals surface area contributed by atoms with Crippen LogP contribution >= 0.6 is 11.6 Å². The summed E-state index contributed by atoms with van der Waals surface area (Å²) in [5.74, 6) is 2.48. The third kappa shape index (κ3) is 28.5. The van der Waals surface area contributed by atoms with Gasteiger partial charge in [0.1, 0.15) is 28.7 Å². The zero-order valence-corrected chi connectivity index (χ0v) is 57.2. The van der Waals surface area contributed by atoms with Gasteiger partial charge in [0.2, 0.25) is 0 Å². The van der Waals surface area contributed by atoms with Crippen molar-refractivity contribution in [3.05, 3.63) is 146 Å². The molecule has 0 aromatic heterocycles. The van der Waals surface area contributed by atoms with Crippen molar-refractivity contribution in [3.63, 3.8) is 0 Å². The lowest BCUT2D eigenvalue weighted by Crippen LogP contribution is -2.45. The predicted molar refractivity (Wildman–Crippen MR) is 377 cm³/mol. The molecule has 5 aromatic rings. The zero-order valence-electron chi connectivity index (χ0n) is 56.5. The molecule has 0 N–H and O–H groups in total. The molecule has 18 nitrogen and oxygen atoms in total. The molecular formula is C76H103ClN6O12. The van der Waals surface area contributed by atoms with Crippen LogP contribution in [-0.2, 0) is 38.0 Å². The van der Waals surface area contributed by atoms with Crippen LogP contribution in [0.25, 0.3) is 0 Å². The Kier molecular flexibility index (Phi) is 34.5. The summed E-state index contributed by atoms with van der Waals surface area (Å²) in [6, 6.07) is 37.1. The van der Waals surface area contributed by atoms with Gasteiger partial charge in [-0.05, 0) is 218 Å². The van der Waals surface area contributed by atoms with Gasteiger partial charge in [-0.1, -0.05) is 51.4 Å². The van der Waals surface area contributed by atoms with Crippen LogP contribution in [0.1, 0.15) is 129 Å². The molecule has 0 bridgehead atoms. The molecule has 95 heavy (non-hydrogen) atoms. The first-order valence-electron chi connectivity index (χ1n) is 34.5. The largest absolute Gasteiger partial charge is 0.494 e. The van der Waals surface area contributed by atoms with Crippen LogP contribution in [-0.4, -0.2) is 131 Å². The van der Waals surface area contributed by atoms with Crippen LogP contribution in [0.5, 0.6) is 23.0 Å². The first-order valence-corrected chi connectivity index (χ1v) is 34.9. The third-order valence-corrected chi connectivity index (χ3v) is 17.4. The van der Waals surface area contributed by atoms with Gasteiger partial charge in [0.25, 0.3) is 0 Å². The molecule has 2 aliphatic heterocycles. The van der Waals surface area contributed by atoms with Crippen LogP contribution in [0, 0.1) is 10.8 Å². The first kappa shape index (κ1) is 75.0. The second kappa shape index (κ2) is 43.7. The smallest absolute Gasteiger partial charge is 0.330 e. The highest BCUT2D eigenvalue weighted by atomic mass is 35.5. The van der Waals surface area contributed by atoms with Crippen LogP contribution < -0.4 is 28.7 Å². The lowest BCUT2D eigenvalue weighted by molar-refractivity contribution is -0.150. The number of esters is 2. The van der Waals surface area contributed by atoms with Gasteiger partial charge in [0.05, 0.1) is 101 Å². The highest BCUT2D eigenvalue weighted by Gasteiger charge is 2.37. The molecule has 0 radical (unpaired) electrons. The highest BCUT2D eigenvalue weighted by molar-refractivity contribution is 6.33. The fourth-order valence-electron chi connectivity index (χ4n) is 10.7. The van der Waals surface area contributed by atoms with E-state index in [1.54, 1.807) is 12.1 Å². The number of benzene rings is 5. The van der Waals surface area contributed by atoms with Gasteiger partial charge >= 0.3 is 11.9 Å². The number of carbonyl (C=O) groups is 2. The summed E-state index contributed by atoms with van der Waals surface area (Å²) in [6.45, 7) is 24.3. The number of halogens is 1. The lowest BCUT2D eigenvalue weighted by atomic mass is 9.84. The lowest BCUT2D eigenvalue weighted by Gasteiger charge is -2.40. The monoisotopic (exact) mass is 1330 g/mol. The molecule has 7 rings (SSSR count). The fraction of sp³-hybridized carbons (Fsp3) is 0.526. The van der Waals surface area contributed by atoms with E-state index in [0.717, 1.165) is 229 Å². The van der Waals surface area contributed by atoms with Crippen molar-refractivity contribution in [1.29, 1.82) is 0 Å². The van der Waals surface area contributed by atoms with Crippen LogP contribution in [0.2, 0.25) is 5.02 Å². The summed E-state index contributed by atoms with van der Waals surface area (Å²) in [4.78, 5) is 27.8. The Labute approximate surface area is 569 Å². The van der Waals surface area contributed by atoms with E-state index in [9.17, 15) is 9.59 Å². The second-order valence-electron chi connectivity index (χ2n) is 24.6. The van der Waals surface area contributed by atoms with E-state index < -0.39 is 11.9 Å². The second-order valence-corrected chi connectivity index (χ2v) is 25.0. The van der Waals surface area contributed by atoms with Gasteiger partial charge in [-0.2, -0.15) is 15.3 Å². The van der Waals surface area contributed by atoms with Gasteiger partial charge in [-0.15, -0.1) is 5.11 Å². The third-order valence-electron chi connectivity index (χ3n) is 17.1. The quantitative estimate of drug-likeness (QED) is 0.0155. The Hall–Kier alpha value is -7.35. The molecule has 2 saturated heterocycles. The first-order chi connectivity index (χ1) is 46.6. The molecule has 5 aromatic carbocycles. The van der Waals surface area contributed by atoms with Crippen molar-refractivity contribution in [2.75, 3.05) is 128 Å². The molecule has 0 amide bonds. The van der Waals surface area contributed by atoms with E-state index >= 15 is 0 Å². The van der Waals surface area contributed by atoms with E-state index in [0.29, 0.717) is 67.4 Å². The van der Waals surface area contributed by atoms with Crippen molar-refractivity contribution in [1.82, 2.24) is 0 Å². The Morgan fingerprint density at radius 2 is 0.768 bits per heavy atom. The Morgan fingerprint density at radius 3 is 1.14 bits per heavy atom. The Morgan fingerprint density at radius 1 is 0.432 bits per heavy atom. The summed E-state index contributed by atoms with van der Waals surface area (Å²) in [5, 5.41) is 18.4. The molecule has 19 heteroatoms. The molecular weight excluding hydrogens is 1220 g/mol. The summed E-state index contributed by atoms with van der Waals surface area (Å²) >= 11 is 6.74. The van der Waals surface area contributed by atoms with Crippen molar-refractivity contribution in [2.24, 2.45) is 31.3 Å². The van der Waals surface area contributed by atoms with Gasteiger partial charge in [-0.3, -0.25) is 0 Å². The number of hydrogen-bond acceptors (Lipinski definition) is 18. The molecule has 0 atom stereocenters. The molecule has 0 spiro atoms. The predicted octanol–water partition coefficient (Wildman–Crippen LogP) is 18.3. The van der Waals surface area contributed by atoms with Crippen LogP contribution in [0.3, 0.4) is 0 Å². The number of azo groups is 2. The average Bonchev–Trinajstić information content (AvgIpc) is 1.28. The van der Waals surface area contributed by atoms with Crippen molar-refractivity contribution in [3.8, 4) is 23.0 Å². The maximum atomic E-state index is 11.5. The maximum absolute atomic E-state index is 11.5. The molecule has 0 saturated carbocycles. The fourth-order valence-corrected chi connectivity index (χ4v) is 10.9. The summed E-state index contributed by atoms with van der Waals surface area (Å²) in [6.07, 6.45) is 20.0. The van der Waals surface area contributed by atoms with E-state index in [1.165, 1.54) is 12.2 Å². The van der Waals surface area contributed by atoms with Gasteiger partial charge in [-0.25, -0.2) is 9.59 Å². The molecule has 2 fully saturated rings. The van der Waals surface area contributed by atoms with Crippen molar-refractivity contribution < 1.29 is 57.0 Å². The summed E-state index contributed by atoms with van der Waals surface area (Å²) < 4.78 is 57.4. The zero-order chi connectivity index (χ0) is 66.9. The summed E-state index contributed by atoms with van der Waals surface area (Å²) in [7, 11) is 0. The van der Waals surface area contributed by atoms with E-state index in [-0.39, 0.29) is 10.8 Å². The Balaban J connectivity index is 0.825. The SMILES string of the molecule is C=CC(=O)OCCCCCN(CCCOc1ccc(OCCCCCCOCC2(CC)COC2)cc1)c1ccc(/N=N/c2ccc(/N=N/c3ccc(N(CCCCCOC(=O)C=C)CCCOc4ccc(OCCCCCCOCC5(CC)COC5)cc4)cc3)c(Cl)c2)cc1. The summed E-state index contributed by atoms with van der Waals surface area (Å²) in [5.41, 5.74) is 5.07. The number of anilines is 2. The molecule has 516 valence electrons. The van der Waals surface area contributed by atoms with Gasteiger partial charge in [0.15, 0.2) is 0 Å². The van der Waals surface area contributed by atoms with Gasteiger partial charge in [0, 0.05) is 73.7 Å². The standard InChI is InChI=1S/C76H103ClN6O12/c1-5-73(84)94-51-21-13-15-43-82(45-23-53-92-69-38-34-67(35-39-69)90-49-19-11-9-17-47-86-56-75(7-3)58-88-59-75)65-30-25-62(26-31-65)78-80-64-29-42-72(71(77)55-64)81-79-63-27-32-66(33-28-63)83(44-16-14-22-52-95-74(85)6-2)46-24-54-93-70-40-36-68(37-41-70)91-50-20-12-10-18-48-87-57-76(8-4)60-89-61-76/h5-6,25-42,55H,1-2,7-24,43-54,56-61H2,3-4H3/b80-78+,81-79+. The number of carbonyl (C=O) groups excluding carboxylic acids is 2. The van der Waals surface area contributed by atoms with Crippen LogP contribution in [0.15, 0.2) is 161 Å². The number of nitrogens with zero attached hydrogens (tertiary/aromatic N) is 6. The highest BCUT2D eigenvalue weighted by Crippen LogP contribution is 2.35. The minimum atomic E-state index is -0.402. The minimum Gasteiger partial charge on any atom is -0.494 e. The normalized spacial score (nSPS) is 13.8. The van der Waals surface area contributed by atoms with Crippen LogP contribution in [0.4, 0.5) is 34.1 Å².